The molecule has 128 valence electrons. The van der Waals surface area contributed by atoms with E-state index >= 15 is 0 Å². The maximum absolute atomic E-state index is 4.37. The summed E-state index contributed by atoms with van der Waals surface area (Å²) in [5, 5.41) is 7.04. The van der Waals surface area contributed by atoms with E-state index in [1.54, 1.807) is 0 Å². The second-order valence-corrected chi connectivity index (χ2v) is 7.17. The third-order valence-electron chi connectivity index (χ3n) is 5.66. The lowest BCUT2D eigenvalue weighted by molar-refractivity contribution is 0.283. The van der Waals surface area contributed by atoms with Crippen LogP contribution in [0.15, 0.2) is 4.99 Å². The minimum absolute atomic E-state index is 0.521. The standard InChI is InChI=1S/C18H36N4/c1-3-18(10-4-5-11-18)16-21-17(19-2)20-12-6-7-13-22-14-8-9-15-22/h3-16H2,1-2H3,(H2,19,20,21). The fourth-order valence-electron chi connectivity index (χ4n) is 3.95. The molecular weight excluding hydrogens is 272 g/mol. The van der Waals surface area contributed by atoms with Crippen LogP contribution in [-0.4, -0.2) is 50.6 Å². The molecule has 2 N–H and O–H groups in total. The SMILES string of the molecule is CCC1(CNC(=NC)NCCCCN2CCCC2)CCCC1. The van der Waals surface area contributed by atoms with Gasteiger partial charge >= 0.3 is 0 Å². The highest BCUT2D eigenvalue weighted by molar-refractivity contribution is 5.79. The van der Waals surface area contributed by atoms with Crippen LogP contribution in [0.25, 0.3) is 0 Å². The Morgan fingerprint density at radius 2 is 1.77 bits per heavy atom. The molecule has 2 aliphatic rings. The van der Waals surface area contributed by atoms with Crippen molar-refractivity contribution in [2.75, 3.05) is 39.8 Å². The van der Waals surface area contributed by atoms with Crippen molar-refractivity contribution < 1.29 is 0 Å². The molecule has 0 aromatic carbocycles. The van der Waals surface area contributed by atoms with Gasteiger partial charge in [-0.25, -0.2) is 0 Å². The van der Waals surface area contributed by atoms with Gasteiger partial charge in [-0.3, -0.25) is 4.99 Å². The van der Waals surface area contributed by atoms with Crippen molar-refractivity contribution in [2.45, 2.75) is 64.7 Å². The first-order chi connectivity index (χ1) is 10.8. The molecule has 2 fully saturated rings. The lowest BCUT2D eigenvalue weighted by Gasteiger charge is -2.28. The molecule has 0 spiro atoms. The van der Waals surface area contributed by atoms with Gasteiger partial charge in [-0.05, 0) is 70.0 Å². The number of hydrogen-bond acceptors (Lipinski definition) is 2. The Morgan fingerprint density at radius 3 is 2.41 bits per heavy atom. The highest BCUT2D eigenvalue weighted by atomic mass is 15.2. The lowest BCUT2D eigenvalue weighted by Crippen LogP contribution is -2.43. The van der Waals surface area contributed by atoms with Crippen molar-refractivity contribution in [1.82, 2.24) is 15.5 Å². The Labute approximate surface area is 137 Å². The van der Waals surface area contributed by atoms with E-state index in [1.807, 2.05) is 7.05 Å². The van der Waals surface area contributed by atoms with Gasteiger partial charge in [0.1, 0.15) is 0 Å². The number of aliphatic imine (C=N–C) groups is 1. The van der Waals surface area contributed by atoms with Gasteiger partial charge in [-0.1, -0.05) is 19.8 Å². The van der Waals surface area contributed by atoms with Crippen molar-refractivity contribution in [3.63, 3.8) is 0 Å². The largest absolute Gasteiger partial charge is 0.356 e. The second-order valence-electron chi connectivity index (χ2n) is 7.17. The monoisotopic (exact) mass is 308 g/mol. The Kier molecular flexibility index (Phi) is 7.50. The molecule has 22 heavy (non-hydrogen) atoms. The van der Waals surface area contributed by atoms with E-state index in [4.69, 9.17) is 0 Å². The summed E-state index contributed by atoms with van der Waals surface area (Å²) >= 11 is 0. The molecule has 0 radical (unpaired) electrons. The minimum atomic E-state index is 0.521. The van der Waals surface area contributed by atoms with Crippen molar-refractivity contribution in [3.8, 4) is 0 Å². The van der Waals surface area contributed by atoms with Crippen LogP contribution < -0.4 is 10.6 Å². The third kappa shape index (κ3) is 5.45. The predicted molar refractivity (Wildman–Crippen MR) is 95.5 cm³/mol. The molecule has 0 aromatic heterocycles. The van der Waals surface area contributed by atoms with Gasteiger partial charge in [0, 0.05) is 20.1 Å². The van der Waals surface area contributed by atoms with Gasteiger partial charge in [-0.15, -0.1) is 0 Å². The molecule has 4 nitrogen and oxygen atoms in total. The maximum atomic E-state index is 4.37. The molecule has 1 aliphatic carbocycles. The predicted octanol–water partition coefficient (Wildman–Crippen LogP) is 3.00. The molecule has 4 heteroatoms. The molecule has 0 aromatic rings. The van der Waals surface area contributed by atoms with E-state index in [9.17, 15) is 0 Å². The van der Waals surface area contributed by atoms with Crippen molar-refractivity contribution >= 4 is 5.96 Å². The second kappa shape index (κ2) is 9.39. The number of unbranched alkanes of at least 4 members (excludes halogenated alkanes) is 1. The lowest BCUT2D eigenvalue weighted by atomic mass is 9.83. The average molecular weight is 309 g/mol. The molecule has 1 aliphatic heterocycles. The summed E-state index contributed by atoms with van der Waals surface area (Å²) < 4.78 is 0. The van der Waals surface area contributed by atoms with Gasteiger partial charge in [-0.2, -0.15) is 0 Å². The first-order valence-corrected chi connectivity index (χ1v) is 9.45. The quantitative estimate of drug-likeness (QED) is 0.411. The Morgan fingerprint density at radius 1 is 1.05 bits per heavy atom. The van der Waals surface area contributed by atoms with Crippen molar-refractivity contribution in [2.24, 2.45) is 10.4 Å². The smallest absolute Gasteiger partial charge is 0.190 e. The number of hydrogen-bond donors (Lipinski definition) is 2. The highest BCUT2D eigenvalue weighted by Gasteiger charge is 2.31. The van der Waals surface area contributed by atoms with Gasteiger partial charge in [0.25, 0.3) is 0 Å². The zero-order chi connectivity index (χ0) is 15.7. The fourth-order valence-corrected chi connectivity index (χ4v) is 3.95. The topological polar surface area (TPSA) is 39.7 Å². The van der Waals surface area contributed by atoms with Crippen LogP contribution in [0.5, 0.6) is 0 Å². The number of nitrogens with zero attached hydrogens (tertiary/aromatic N) is 2. The fraction of sp³-hybridized carbons (Fsp3) is 0.944. The van der Waals surface area contributed by atoms with Crippen LogP contribution in [0.1, 0.15) is 64.7 Å². The summed E-state index contributed by atoms with van der Waals surface area (Å²) in [4.78, 5) is 6.97. The molecule has 0 amide bonds. The molecule has 0 bridgehead atoms. The average Bonchev–Trinajstić information content (AvgIpc) is 3.22. The normalized spacial score (nSPS) is 22.2. The summed E-state index contributed by atoms with van der Waals surface area (Å²) in [6.45, 7) is 8.35. The molecule has 1 saturated heterocycles. The number of rotatable bonds is 8. The maximum Gasteiger partial charge on any atom is 0.190 e. The zero-order valence-electron chi connectivity index (χ0n) is 14.8. The van der Waals surface area contributed by atoms with Crippen LogP contribution >= 0.6 is 0 Å². The van der Waals surface area contributed by atoms with Crippen LogP contribution in [0.2, 0.25) is 0 Å². The third-order valence-corrected chi connectivity index (χ3v) is 5.66. The first-order valence-electron chi connectivity index (χ1n) is 9.45. The Balaban J connectivity index is 1.56. The molecule has 1 heterocycles. The minimum Gasteiger partial charge on any atom is -0.356 e. The van der Waals surface area contributed by atoms with Crippen LogP contribution in [-0.2, 0) is 0 Å². The summed E-state index contributed by atoms with van der Waals surface area (Å²) in [6.07, 6.45) is 12.2. The highest BCUT2D eigenvalue weighted by Crippen LogP contribution is 2.40. The molecule has 0 unspecified atom stereocenters. The van der Waals surface area contributed by atoms with E-state index in [0.717, 1.165) is 19.0 Å². The van der Waals surface area contributed by atoms with Crippen LogP contribution in [0, 0.1) is 5.41 Å². The molecule has 1 saturated carbocycles. The van der Waals surface area contributed by atoms with Gasteiger partial charge in [0.2, 0.25) is 0 Å². The summed E-state index contributed by atoms with van der Waals surface area (Å²) in [7, 11) is 1.88. The number of nitrogens with one attached hydrogen (secondary N) is 2. The van der Waals surface area contributed by atoms with Crippen molar-refractivity contribution in [1.29, 1.82) is 0 Å². The summed E-state index contributed by atoms with van der Waals surface area (Å²) in [5.74, 6) is 0.987. The number of guanidine groups is 1. The summed E-state index contributed by atoms with van der Waals surface area (Å²) in [5.41, 5.74) is 0.521. The zero-order valence-corrected chi connectivity index (χ0v) is 14.8. The first kappa shape index (κ1) is 17.6. The van der Waals surface area contributed by atoms with E-state index < -0.39 is 0 Å². The van der Waals surface area contributed by atoms with Crippen LogP contribution in [0.3, 0.4) is 0 Å². The van der Waals surface area contributed by atoms with E-state index in [-0.39, 0.29) is 0 Å². The van der Waals surface area contributed by atoms with E-state index in [0.29, 0.717) is 5.41 Å². The van der Waals surface area contributed by atoms with Gasteiger partial charge in [0.15, 0.2) is 5.96 Å². The van der Waals surface area contributed by atoms with E-state index in [2.05, 4.69) is 27.4 Å². The Bertz CT molecular complexity index is 328. The van der Waals surface area contributed by atoms with Gasteiger partial charge in [0.05, 0.1) is 0 Å². The van der Waals surface area contributed by atoms with E-state index in [1.165, 1.54) is 77.4 Å². The molecular formula is C18H36N4. The number of likely N-dealkylation sites (tertiary alicyclic amines) is 1. The van der Waals surface area contributed by atoms with Crippen molar-refractivity contribution in [3.05, 3.63) is 0 Å². The molecule has 2 rings (SSSR count). The van der Waals surface area contributed by atoms with Crippen LogP contribution in [0.4, 0.5) is 0 Å². The Hall–Kier alpha value is -0.770. The molecule has 0 atom stereocenters. The van der Waals surface area contributed by atoms with Gasteiger partial charge < -0.3 is 15.5 Å². The summed E-state index contributed by atoms with van der Waals surface area (Å²) in [6, 6.07) is 0.